The molecule has 1 heterocycles. The van der Waals surface area contributed by atoms with Gasteiger partial charge in [0, 0.05) is 17.9 Å². The van der Waals surface area contributed by atoms with E-state index in [1.165, 1.54) is 33.3 Å². The Morgan fingerprint density at radius 3 is 2.07 bits per heavy atom. The maximum absolute atomic E-state index is 14.4. The van der Waals surface area contributed by atoms with Gasteiger partial charge in [-0.15, -0.1) is 0 Å². The van der Waals surface area contributed by atoms with E-state index in [2.05, 4.69) is 15.7 Å². The number of halogens is 1. The molecule has 0 saturated heterocycles. The van der Waals surface area contributed by atoms with Crippen molar-refractivity contribution in [2.75, 3.05) is 21.5 Å². The molecule has 45 heavy (non-hydrogen) atoms. The van der Waals surface area contributed by atoms with E-state index in [0.717, 1.165) is 5.56 Å². The third-order valence-electron chi connectivity index (χ3n) is 7.27. The van der Waals surface area contributed by atoms with E-state index in [1.54, 1.807) is 50.2 Å². The van der Waals surface area contributed by atoms with Crippen molar-refractivity contribution in [3.8, 4) is 5.69 Å². The standard InChI is InChI=1S/C34H34FN5O4S/c1-24-33(25(2)40(38-24)31-17-13-27(35)14-18-31)45(43,44)39(22-21-32(41)23-26-9-5-3-6-10-26)30-19-15-29(16-20-30)37-34(42)36-28-11-7-4-8-12-28/h3-20,32,41H,21-23H2,1-2H3,(H2,36,37,42). The molecule has 9 nitrogen and oxygen atoms in total. The zero-order valence-corrected chi connectivity index (χ0v) is 25.7. The van der Waals surface area contributed by atoms with Crippen LogP contribution in [0.4, 0.5) is 26.2 Å². The molecule has 5 rings (SSSR count). The van der Waals surface area contributed by atoms with Gasteiger partial charge in [0.15, 0.2) is 0 Å². The molecule has 5 aromatic rings. The van der Waals surface area contributed by atoms with E-state index in [-0.39, 0.29) is 23.6 Å². The second-order valence-electron chi connectivity index (χ2n) is 10.6. The van der Waals surface area contributed by atoms with E-state index >= 15 is 0 Å². The van der Waals surface area contributed by atoms with Crippen molar-refractivity contribution < 1.29 is 22.7 Å². The number of hydrogen-bond donors (Lipinski definition) is 3. The van der Waals surface area contributed by atoms with Crippen LogP contribution in [-0.4, -0.2) is 42.0 Å². The summed E-state index contributed by atoms with van der Waals surface area (Å²) in [6, 6.07) is 30.1. The zero-order valence-electron chi connectivity index (χ0n) is 24.9. The zero-order chi connectivity index (χ0) is 32.0. The number of benzene rings is 4. The highest BCUT2D eigenvalue weighted by Gasteiger charge is 2.32. The van der Waals surface area contributed by atoms with Crippen molar-refractivity contribution in [3.63, 3.8) is 0 Å². The third-order valence-corrected chi connectivity index (χ3v) is 9.35. The van der Waals surface area contributed by atoms with Gasteiger partial charge in [0.1, 0.15) is 10.7 Å². The minimum Gasteiger partial charge on any atom is -0.393 e. The van der Waals surface area contributed by atoms with Crippen molar-refractivity contribution in [2.45, 2.75) is 37.7 Å². The lowest BCUT2D eigenvalue weighted by Gasteiger charge is -2.26. The number of anilines is 3. The predicted octanol–water partition coefficient (Wildman–Crippen LogP) is 6.46. The summed E-state index contributed by atoms with van der Waals surface area (Å²) in [5.41, 5.74) is 3.55. The molecule has 0 fully saturated rings. The quantitative estimate of drug-likeness (QED) is 0.155. The van der Waals surface area contributed by atoms with Crippen LogP contribution in [0.3, 0.4) is 0 Å². The topological polar surface area (TPSA) is 117 Å². The molecule has 0 aliphatic carbocycles. The average Bonchev–Trinajstić information content (AvgIpc) is 3.33. The van der Waals surface area contributed by atoms with Crippen molar-refractivity contribution in [1.82, 2.24) is 9.78 Å². The minimum absolute atomic E-state index is 0.0157. The van der Waals surface area contributed by atoms with Crippen LogP contribution in [0.25, 0.3) is 5.69 Å². The van der Waals surface area contributed by atoms with Gasteiger partial charge in [-0.3, -0.25) is 4.31 Å². The first-order valence-corrected chi connectivity index (χ1v) is 15.9. The fourth-order valence-corrected chi connectivity index (χ4v) is 6.95. The number of hydrogen-bond acceptors (Lipinski definition) is 5. The number of carbonyl (C=O) groups is 1. The lowest BCUT2D eigenvalue weighted by atomic mass is 10.1. The number of rotatable bonds is 11. The molecular weight excluding hydrogens is 593 g/mol. The number of aliphatic hydroxyl groups excluding tert-OH is 1. The molecule has 1 atom stereocenters. The van der Waals surface area contributed by atoms with Crippen LogP contribution in [0.15, 0.2) is 114 Å². The van der Waals surface area contributed by atoms with Gasteiger partial charge in [0.05, 0.1) is 28.9 Å². The SMILES string of the molecule is Cc1nn(-c2ccc(F)cc2)c(C)c1S(=O)(=O)N(CCC(O)Cc1ccccc1)c1ccc(NC(=O)Nc2ccccc2)cc1. The molecule has 232 valence electrons. The third kappa shape index (κ3) is 7.57. The van der Waals surface area contributed by atoms with Gasteiger partial charge in [-0.05, 0) is 92.9 Å². The van der Waals surface area contributed by atoms with E-state index in [1.807, 2.05) is 48.5 Å². The molecular formula is C34H34FN5O4S. The van der Waals surface area contributed by atoms with Crippen LogP contribution in [-0.2, 0) is 16.4 Å². The largest absolute Gasteiger partial charge is 0.393 e. The first kappa shape index (κ1) is 31.4. The number of aryl methyl sites for hydroxylation is 1. The van der Waals surface area contributed by atoms with Crippen LogP contribution in [0, 0.1) is 19.7 Å². The van der Waals surface area contributed by atoms with Crippen LogP contribution in [0.2, 0.25) is 0 Å². The Morgan fingerprint density at radius 1 is 0.867 bits per heavy atom. The lowest BCUT2D eigenvalue weighted by molar-refractivity contribution is 0.168. The van der Waals surface area contributed by atoms with E-state index in [4.69, 9.17) is 0 Å². The van der Waals surface area contributed by atoms with Crippen LogP contribution in [0.1, 0.15) is 23.4 Å². The summed E-state index contributed by atoms with van der Waals surface area (Å²) in [7, 11) is -4.19. The van der Waals surface area contributed by atoms with Gasteiger partial charge in [0.2, 0.25) is 0 Å². The van der Waals surface area contributed by atoms with Gasteiger partial charge in [-0.1, -0.05) is 48.5 Å². The molecule has 0 radical (unpaired) electrons. The molecule has 1 unspecified atom stereocenters. The Balaban J connectivity index is 1.42. The van der Waals surface area contributed by atoms with Crippen molar-refractivity contribution in [1.29, 1.82) is 0 Å². The first-order chi connectivity index (χ1) is 21.6. The molecule has 4 aromatic carbocycles. The fourth-order valence-electron chi connectivity index (χ4n) is 5.11. The summed E-state index contributed by atoms with van der Waals surface area (Å²) >= 11 is 0. The van der Waals surface area contributed by atoms with Crippen molar-refractivity contribution >= 4 is 33.1 Å². The molecule has 11 heteroatoms. The van der Waals surface area contributed by atoms with Crippen molar-refractivity contribution in [2.24, 2.45) is 0 Å². The summed E-state index contributed by atoms with van der Waals surface area (Å²) in [4.78, 5) is 12.5. The molecule has 0 bridgehead atoms. The Bertz CT molecular complexity index is 1850. The second-order valence-corrected chi connectivity index (χ2v) is 12.4. The number of amides is 2. The molecule has 0 aliphatic heterocycles. The fraction of sp³-hybridized carbons (Fsp3) is 0.176. The number of sulfonamides is 1. The number of nitrogens with zero attached hydrogens (tertiary/aromatic N) is 3. The Labute approximate surface area is 262 Å². The van der Waals surface area contributed by atoms with E-state index < -0.39 is 28.0 Å². The van der Waals surface area contributed by atoms with E-state index in [9.17, 15) is 22.7 Å². The van der Waals surface area contributed by atoms with Gasteiger partial charge >= 0.3 is 6.03 Å². The molecule has 0 saturated carbocycles. The summed E-state index contributed by atoms with van der Waals surface area (Å²) in [5.74, 6) is -0.413. The lowest BCUT2D eigenvalue weighted by Crippen LogP contribution is -2.34. The number of aliphatic hydroxyl groups is 1. The summed E-state index contributed by atoms with van der Waals surface area (Å²) in [6.45, 7) is 3.25. The van der Waals surface area contributed by atoms with Gasteiger partial charge < -0.3 is 15.7 Å². The molecule has 0 aliphatic rings. The highest BCUT2D eigenvalue weighted by Crippen LogP contribution is 2.31. The Morgan fingerprint density at radius 2 is 1.44 bits per heavy atom. The normalized spacial score (nSPS) is 12.0. The molecule has 1 aromatic heterocycles. The molecule has 3 N–H and O–H groups in total. The monoisotopic (exact) mass is 627 g/mol. The Hall–Kier alpha value is -5.00. The maximum Gasteiger partial charge on any atom is 0.323 e. The first-order valence-electron chi connectivity index (χ1n) is 14.4. The van der Waals surface area contributed by atoms with Crippen molar-refractivity contribution in [3.05, 3.63) is 132 Å². The minimum atomic E-state index is -4.19. The molecule has 2 amide bonds. The highest BCUT2D eigenvalue weighted by molar-refractivity contribution is 7.93. The summed E-state index contributed by atoms with van der Waals surface area (Å²) < 4.78 is 45.0. The summed E-state index contributed by atoms with van der Waals surface area (Å²) in [6.07, 6.45) is -0.260. The van der Waals surface area contributed by atoms with Gasteiger partial charge in [-0.2, -0.15) is 5.10 Å². The van der Waals surface area contributed by atoms with Crippen LogP contribution in [0.5, 0.6) is 0 Å². The smallest absolute Gasteiger partial charge is 0.323 e. The van der Waals surface area contributed by atoms with Gasteiger partial charge in [0.25, 0.3) is 10.0 Å². The Kier molecular flexibility index (Phi) is 9.60. The summed E-state index contributed by atoms with van der Waals surface area (Å²) in [5, 5.41) is 20.8. The second kappa shape index (κ2) is 13.7. The number of nitrogens with one attached hydrogen (secondary N) is 2. The van der Waals surface area contributed by atoms with E-state index in [0.29, 0.717) is 34.9 Å². The van der Waals surface area contributed by atoms with Gasteiger partial charge in [-0.25, -0.2) is 22.3 Å². The average molecular weight is 628 g/mol. The number of aromatic nitrogens is 2. The molecule has 0 spiro atoms. The predicted molar refractivity (Wildman–Crippen MR) is 174 cm³/mol. The van der Waals surface area contributed by atoms with Crippen LogP contribution >= 0.6 is 0 Å². The maximum atomic E-state index is 14.4. The number of para-hydroxylation sites is 1. The van der Waals surface area contributed by atoms with Crippen LogP contribution < -0.4 is 14.9 Å². The highest BCUT2D eigenvalue weighted by atomic mass is 32.2. The number of carbonyl (C=O) groups excluding carboxylic acids is 1. The number of urea groups is 1.